The molecule has 0 fully saturated rings. The lowest BCUT2D eigenvalue weighted by molar-refractivity contribution is -0.139. The molecule has 0 saturated carbocycles. The van der Waals surface area contributed by atoms with Gasteiger partial charge in [-0.3, -0.25) is 14.4 Å². The SMILES string of the molecule is C=C(CC(=O)O)C(=O)O.O=C(O)CCCCCCC(=O)O. The molecule has 0 spiro atoms. The van der Waals surface area contributed by atoms with Gasteiger partial charge in [-0.1, -0.05) is 19.4 Å². The second kappa shape index (κ2) is 12.6. The van der Waals surface area contributed by atoms with Gasteiger partial charge in [-0.2, -0.15) is 0 Å². The van der Waals surface area contributed by atoms with E-state index in [1.54, 1.807) is 0 Å². The first-order valence-corrected chi connectivity index (χ1v) is 6.23. The zero-order chi connectivity index (χ0) is 16.8. The van der Waals surface area contributed by atoms with E-state index in [2.05, 4.69) is 6.58 Å². The van der Waals surface area contributed by atoms with Crippen molar-refractivity contribution in [2.45, 2.75) is 44.9 Å². The van der Waals surface area contributed by atoms with Crippen LogP contribution in [0.1, 0.15) is 44.9 Å². The second-order valence-electron chi connectivity index (χ2n) is 4.18. The van der Waals surface area contributed by atoms with Gasteiger partial charge in [0.25, 0.3) is 0 Å². The molecule has 0 amide bonds. The smallest absolute Gasteiger partial charge is 0.331 e. The van der Waals surface area contributed by atoms with E-state index in [0.29, 0.717) is 12.8 Å². The van der Waals surface area contributed by atoms with Crippen LogP contribution in [0.25, 0.3) is 0 Å². The van der Waals surface area contributed by atoms with Gasteiger partial charge in [0.2, 0.25) is 0 Å². The standard InChI is InChI=1S/C8H14O4.C5H6O4/c9-7(10)5-3-1-2-4-6-8(11)12;1-3(5(8)9)2-4(6)7/h1-6H2,(H,9,10)(H,11,12);1-2H2,(H,6,7)(H,8,9). The highest BCUT2D eigenvalue weighted by molar-refractivity contribution is 5.91. The largest absolute Gasteiger partial charge is 0.481 e. The van der Waals surface area contributed by atoms with Crippen molar-refractivity contribution in [2.75, 3.05) is 0 Å². The predicted octanol–water partition coefficient (Wildman–Crippen LogP) is 1.60. The first kappa shape index (κ1) is 20.9. The molecular formula is C13H20O8. The van der Waals surface area contributed by atoms with Crippen molar-refractivity contribution in [3.8, 4) is 0 Å². The van der Waals surface area contributed by atoms with Crippen LogP contribution in [0.15, 0.2) is 12.2 Å². The van der Waals surface area contributed by atoms with Gasteiger partial charge in [0.15, 0.2) is 0 Å². The van der Waals surface area contributed by atoms with E-state index in [4.69, 9.17) is 20.4 Å². The lowest BCUT2D eigenvalue weighted by Gasteiger charge is -1.96. The fraction of sp³-hybridized carbons (Fsp3) is 0.538. The van der Waals surface area contributed by atoms with E-state index in [1.165, 1.54) is 0 Å². The summed E-state index contributed by atoms with van der Waals surface area (Å²) in [5, 5.41) is 32.6. The number of carboxylic acid groups (broad SMARTS) is 4. The molecule has 0 aromatic carbocycles. The summed E-state index contributed by atoms with van der Waals surface area (Å²) in [6.45, 7) is 3.01. The Morgan fingerprint density at radius 2 is 1.05 bits per heavy atom. The predicted molar refractivity (Wildman–Crippen MR) is 72.0 cm³/mol. The number of unbranched alkanes of at least 4 members (excludes halogenated alkanes) is 3. The Morgan fingerprint density at radius 1 is 0.667 bits per heavy atom. The number of hydrogen-bond acceptors (Lipinski definition) is 4. The molecule has 8 heteroatoms. The van der Waals surface area contributed by atoms with Gasteiger partial charge in [-0.25, -0.2) is 4.79 Å². The van der Waals surface area contributed by atoms with Crippen molar-refractivity contribution in [2.24, 2.45) is 0 Å². The molecule has 0 atom stereocenters. The second-order valence-corrected chi connectivity index (χ2v) is 4.18. The van der Waals surface area contributed by atoms with E-state index in [-0.39, 0.29) is 18.4 Å². The molecule has 0 aliphatic rings. The average molecular weight is 304 g/mol. The maximum atomic E-state index is 10.0. The van der Waals surface area contributed by atoms with Crippen molar-refractivity contribution in [3.63, 3.8) is 0 Å². The Bertz CT molecular complexity index is 368. The summed E-state index contributed by atoms with van der Waals surface area (Å²) in [4.78, 5) is 39.8. The van der Waals surface area contributed by atoms with Gasteiger partial charge < -0.3 is 20.4 Å². The summed E-state index contributed by atoms with van der Waals surface area (Å²) < 4.78 is 0. The number of carboxylic acids is 4. The van der Waals surface area contributed by atoms with Crippen molar-refractivity contribution < 1.29 is 39.6 Å². The Hall–Kier alpha value is -2.38. The quantitative estimate of drug-likeness (QED) is 0.351. The van der Waals surface area contributed by atoms with Crippen LogP contribution in [0.3, 0.4) is 0 Å². The molecule has 0 aromatic heterocycles. The normalized spacial score (nSPS) is 9.14. The Kier molecular flexibility index (Phi) is 12.6. The molecule has 0 aromatic rings. The Labute approximate surface area is 121 Å². The molecule has 0 bridgehead atoms. The third-order valence-corrected chi connectivity index (χ3v) is 2.20. The summed E-state index contributed by atoms with van der Waals surface area (Å²) in [5.74, 6) is -4.01. The highest BCUT2D eigenvalue weighted by Crippen LogP contribution is 2.04. The van der Waals surface area contributed by atoms with Crippen molar-refractivity contribution in [1.82, 2.24) is 0 Å². The van der Waals surface area contributed by atoms with E-state index in [0.717, 1.165) is 12.8 Å². The number of carbonyl (C=O) groups is 4. The topological polar surface area (TPSA) is 149 Å². The van der Waals surface area contributed by atoms with Crippen molar-refractivity contribution in [3.05, 3.63) is 12.2 Å². The monoisotopic (exact) mass is 304 g/mol. The van der Waals surface area contributed by atoms with E-state index >= 15 is 0 Å². The third kappa shape index (κ3) is 20.1. The summed E-state index contributed by atoms with van der Waals surface area (Å²) in [6, 6.07) is 0. The minimum atomic E-state index is -1.27. The molecule has 0 unspecified atom stereocenters. The van der Waals surface area contributed by atoms with E-state index in [1.807, 2.05) is 0 Å². The molecule has 8 nitrogen and oxygen atoms in total. The van der Waals surface area contributed by atoms with Crippen LogP contribution in [0.5, 0.6) is 0 Å². The first-order chi connectivity index (χ1) is 9.66. The lowest BCUT2D eigenvalue weighted by atomic mass is 10.1. The van der Waals surface area contributed by atoms with Crippen LogP contribution in [0.2, 0.25) is 0 Å². The maximum Gasteiger partial charge on any atom is 0.331 e. The van der Waals surface area contributed by atoms with Gasteiger partial charge in [0.05, 0.1) is 6.42 Å². The number of aliphatic carboxylic acids is 4. The first-order valence-electron chi connectivity index (χ1n) is 6.23. The third-order valence-electron chi connectivity index (χ3n) is 2.20. The van der Waals surface area contributed by atoms with E-state index in [9.17, 15) is 19.2 Å². The van der Waals surface area contributed by atoms with Crippen LogP contribution in [0.4, 0.5) is 0 Å². The fourth-order valence-electron chi connectivity index (χ4n) is 1.16. The highest BCUT2D eigenvalue weighted by Gasteiger charge is 2.07. The van der Waals surface area contributed by atoms with Gasteiger partial charge in [-0.05, 0) is 12.8 Å². The van der Waals surface area contributed by atoms with Crippen molar-refractivity contribution in [1.29, 1.82) is 0 Å². The molecule has 0 saturated heterocycles. The molecule has 120 valence electrons. The van der Waals surface area contributed by atoms with E-state index < -0.39 is 30.3 Å². The Balaban J connectivity index is 0. The number of hydrogen-bond donors (Lipinski definition) is 4. The van der Waals surface area contributed by atoms with Gasteiger partial charge in [0, 0.05) is 18.4 Å². The maximum absolute atomic E-state index is 10.0. The molecular weight excluding hydrogens is 284 g/mol. The Morgan fingerprint density at radius 3 is 1.24 bits per heavy atom. The summed E-state index contributed by atoms with van der Waals surface area (Å²) >= 11 is 0. The number of rotatable bonds is 10. The molecule has 0 aliphatic carbocycles. The summed E-state index contributed by atoms with van der Waals surface area (Å²) in [7, 11) is 0. The highest BCUT2D eigenvalue weighted by atomic mass is 16.4. The molecule has 0 rings (SSSR count). The summed E-state index contributed by atoms with van der Waals surface area (Å²) in [5.41, 5.74) is -0.303. The lowest BCUT2D eigenvalue weighted by Crippen LogP contribution is -2.04. The minimum absolute atomic E-state index is 0.188. The summed E-state index contributed by atoms with van der Waals surface area (Å²) in [6.07, 6.45) is 2.78. The molecule has 0 radical (unpaired) electrons. The molecule has 0 aliphatic heterocycles. The zero-order valence-corrected chi connectivity index (χ0v) is 11.6. The molecule has 0 heterocycles. The van der Waals surface area contributed by atoms with Crippen LogP contribution in [-0.4, -0.2) is 44.3 Å². The molecule has 4 N–H and O–H groups in total. The van der Waals surface area contributed by atoms with Crippen LogP contribution in [0, 0.1) is 0 Å². The minimum Gasteiger partial charge on any atom is -0.481 e. The average Bonchev–Trinajstić information content (AvgIpc) is 2.32. The van der Waals surface area contributed by atoms with Crippen LogP contribution < -0.4 is 0 Å². The van der Waals surface area contributed by atoms with Crippen LogP contribution >= 0.6 is 0 Å². The van der Waals surface area contributed by atoms with Gasteiger partial charge in [-0.15, -0.1) is 0 Å². The van der Waals surface area contributed by atoms with Crippen LogP contribution in [-0.2, 0) is 19.2 Å². The van der Waals surface area contributed by atoms with Gasteiger partial charge in [0.1, 0.15) is 0 Å². The zero-order valence-electron chi connectivity index (χ0n) is 11.6. The molecule has 21 heavy (non-hydrogen) atoms. The van der Waals surface area contributed by atoms with Crippen molar-refractivity contribution >= 4 is 23.9 Å². The van der Waals surface area contributed by atoms with Gasteiger partial charge >= 0.3 is 23.9 Å². The fourth-order valence-corrected chi connectivity index (χ4v) is 1.16.